The van der Waals surface area contributed by atoms with Crippen LogP contribution < -0.4 is 10.6 Å². The molecule has 0 aromatic carbocycles. The largest absolute Gasteiger partial charge is 0.370 e. The summed E-state index contributed by atoms with van der Waals surface area (Å²) in [4.78, 5) is 6.93. The van der Waals surface area contributed by atoms with Crippen molar-refractivity contribution in [2.45, 2.75) is 19.8 Å². The number of nitrogens with zero attached hydrogens (tertiary/aromatic N) is 2. The zero-order valence-corrected chi connectivity index (χ0v) is 11.4. The van der Waals surface area contributed by atoms with Gasteiger partial charge in [0.25, 0.3) is 0 Å². The van der Waals surface area contributed by atoms with E-state index in [9.17, 15) is 0 Å². The van der Waals surface area contributed by atoms with Crippen molar-refractivity contribution in [2.75, 3.05) is 43.9 Å². The third kappa shape index (κ3) is 3.88. The van der Waals surface area contributed by atoms with Gasteiger partial charge >= 0.3 is 0 Å². The number of rotatable bonds is 5. The fourth-order valence-corrected chi connectivity index (χ4v) is 2.33. The van der Waals surface area contributed by atoms with E-state index in [-0.39, 0.29) is 0 Å². The Balaban J connectivity index is 1.80. The minimum Gasteiger partial charge on any atom is -0.370 e. The second-order valence-electron chi connectivity index (χ2n) is 5.07. The SMILES string of the molecule is CCNc1cccc(NCC2CCN(C)CC2)n1. The van der Waals surface area contributed by atoms with Crippen LogP contribution in [0.3, 0.4) is 0 Å². The molecule has 1 aliphatic rings. The van der Waals surface area contributed by atoms with Crippen molar-refractivity contribution in [3.8, 4) is 0 Å². The first-order chi connectivity index (χ1) is 8.78. The van der Waals surface area contributed by atoms with Crippen LogP contribution in [0.15, 0.2) is 18.2 Å². The zero-order chi connectivity index (χ0) is 12.8. The minimum atomic E-state index is 0.783. The van der Waals surface area contributed by atoms with Gasteiger partial charge in [0.2, 0.25) is 0 Å². The topological polar surface area (TPSA) is 40.2 Å². The number of anilines is 2. The fraction of sp³-hybridized carbons (Fsp3) is 0.643. The zero-order valence-electron chi connectivity index (χ0n) is 11.4. The fourth-order valence-electron chi connectivity index (χ4n) is 2.33. The van der Waals surface area contributed by atoms with Gasteiger partial charge in [0.1, 0.15) is 11.6 Å². The average molecular weight is 248 g/mol. The molecule has 4 heteroatoms. The maximum absolute atomic E-state index is 4.53. The molecule has 1 aromatic rings. The normalized spacial score (nSPS) is 17.7. The highest BCUT2D eigenvalue weighted by molar-refractivity contribution is 5.44. The highest BCUT2D eigenvalue weighted by atomic mass is 15.1. The van der Waals surface area contributed by atoms with E-state index in [4.69, 9.17) is 0 Å². The summed E-state index contributed by atoms with van der Waals surface area (Å²) in [5.41, 5.74) is 0. The van der Waals surface area contributed by atoms with E-state index in [1.165, 1.54) is 25.9 Å². The second kappa shape index (κ2) is 6.59. The van der Waals surface area contributed by atoms with Crippen molar-refractivity contribution < 1.29 is 0 Å². The lowest BCUT2D eigenvalue weighted by Crippen LogP contribution is -2.33. The molecule has 0 saturated carbocycles. The Hall–Kier alpha value is -1.29. The minimum absolute atomic E-state index is 0.783. The average Bonchev–Trinajstić information content (AvgIpc) is 2.39. The van der Waals surface area contributed by atoms with Crippen LogP contribution in [-0.2, 0) is 0 Å². The molecule has 1 aliphatic heterocycles. The maximum atomic E-state index is 4.53. The Morgan fingerprint density at radius 3 is 2.56 bits per heavy atom. The van der Waals surface area contributed by atoms with Crippen LogP contribution in [0, 0.1) is 5.92 Å². The first kappa shape index (κ1) is 13.1. The van der Waals surface area contributed by atoms with Crippen LogP contribution in [0.4, 0.5) is 11.6 Å². The molecule has 2 N–H and O–H groups in total. The van der Waals surface area contributed by atoms with Crippen LogP contribution in [0.1, 0.15) is 19.8 Å². The summed E-state index contributed by atoms with van der Waals surface area (Å²) < 4.78 is 0. The number of pyridine rings is 1. The molecule has 2 rings (SSSR count). The van der Waals surface area contributed by atoms with Crippen molar-refractivity contribution in [3.05, 3.63) is 18.2 Å². The van der Waals surface area contributed by atoms with Crippen molar-refractivity contribution in [1.29, 1.82) is 0 Å². The van der Waals surface area contributed by atoms with Crippen molar-refractivity contribution in [1.82, 2.24) is 9.88 Å². The quantitative estimate of drug-likeness (QED) is 0.838. The number of piperidine rings is 1. The molecular formula is C14H24N4. The first-order valence-corrected chi connectivity index (χ1v) is 6.91. The molecule has 100 valence electrons. The van der Waals surface area contributed by atoms with Gasteiger partial charge in [0, 0.05) is 13.1 Å². The number of likely N-dealkylation sites (tertiary alicyclic amines) is 1. The molecule has 1 aromatic heterocycles. The summed E-state index contributed by atoms with van der Waals surface area (Å²) in [6.45, 7) is 6.47. The molecule has 1 fully saturated rings. The van der Waals surface area contributed by atoms with Gasteiger partial charge in [-0.05, 0) is 58.0 Å². The second-order valence-corrected chi connectivity index (χ2v) is 5.07. The van der Waals surface area contributed by atoms with Crippen LogP contribution >= 0.6 is 0 Å². The molecule has 0 unspecified atom stereocenters. The molecule has 4 nitrogen and oxygen atoms in total. The molecule has 0 aliphatic carbocycles. The van der Waals surface area contributed by atoms with Gasteiger partial charge in [-0.15, -0.1) is 0 Å². The van der Waals surface area contributed by atoms with Gasteiger partial charge in [-0.3, -0.25) is 0 Å². The van der Waals surface area contributed by atoms with Gasteiger partial charge in [0.15, 0.2) is 0 Å². The summed E-state index contributed by atoms with van der Waals surface area (Å²) in [7, 11) is 2.20. The Bertz CT molecular complexity index is 359. The van der Waals surface area contributed by atoms with E-state index in [0.29, 0.717) is 0 Å². The standard InChI is InChI=1S/C14H24N4/c1-3-15-13-5-4-6-14(17-13)16-11-12-7-9-18(2)10-8-12/h4-6,12H,3,7-11H2,1-2H3,(H2,15,16,17). The summed E-state index contributed by atoms with van der Waals surface area (Å²) in [5, 5.41) is 6.69. The lowest BCUT2D eigenvalue weighted by Gasteiger charge is -2.29. The Morgan fingerprint density at radius 2 is 1.89 bits per heavy atom. The van der Waals surface area contributed by atoms with E-state index < -0.39 is 0 Å². The van der Waals surface area contributed by atoms with E-state index in [1.54, 1.807) is 0 Å². The monoisotopic (exact) mass is 248 g/mol. The molecule has 0 atom stereocenters. The number of hydrogen-bond donors (Lipinski definition) is 2. The van der Waals surface area contributed by atoms with Gasteiger partial charge in [-0.1, -0.05) is 6.07 Å². The summed E-state index contributed by atoms with van der Waals surface area (Å²) in [6, 6.07) is 6.09. The number of aromatic nitrogens is 1. The lowest BCUT2D eigenvalue weighted by atomic mass is 9.97. The van der Waals surface area contributed by atoms with E-state index in [2.05, 4.69) is 34.5 Å². The third-order valence-corrected chi connectivity index (χ3v) is 3.52. The maximum Gasteiger partial charge on any atom is 0.128 e. The molecule has 0 spiro atoms. The summed E-state index contributed by atoms with van der Waals surface area (Å²) >= 11 is 0. The first-order valence-electron chi connectivity index (χ1n) is 6.91. The van der Waals surface area contributed by atoms with Crippen molar-refractivity contribution in [3.63, 3.8) is 0 Å². The van der Waals surface area contributed by atoms with Crippen LogP contribution in [0.25, 0.3) is 0 Å². The molecule has 18 heavy (non-hydrogen) atoms. The van der Waals surface area contributed by atoms with Crippen LogP contribution in [-0.4, -0.2) is 43.1 Å². The van der Waals surface area contributed by atoms with Gasteiger partial charge < -0.3 is 15.5 Å². The predicted octanol–water partition coefficient (Wildman–Crippen LogP) is 2.27. The molecule has 2 heterocycles. The highest BCUT2D eigenvalue weighted by Crippen LogP contribution is 2.17. The van der Waals surface area contributed by atoms with E-state index in [0.717, 1.165) is 30.6 Å². The van der Waals surface area contributed by atoms with E-state index >= 15 is 0 Å². The van der Waals surface area contributed by atoms with Gasteiger partial charge in [0.05, 0.1) is 0 Å². The van der Waals surface area contributed by atoms with E-state index in [1.807, 2.05) is 18.2 Å². The molecular weight excluding hydrogens is 224 g/mol. The Labute approximate surface area is 110 Å². The van der Waals surface area contributed by atoms with Crippen LogP contribution in [0.5, 0.6) is 0 Å². The number of hydrogen-bond acceptors (Lipinski definition) is 4. The van der Waals surface area contributed by atoms with Crippen molar-refractivity contribution in [2.24, 2.45) is 5.92 Å². The van der Waals surface area contributed by atoms with Crippen molar-refractivity contribution >= 4 is 11.6 Å². The molecule has 0 amide bonds. The predicted molar refractivity (Wildman–Crippen MR) is 77.1 cm³/mol. The Kier molecular flexibility index (Phi) is 4.81. The highest BCUT2D eigenvalue weighted by Gasteiger charge is 2.16. The smallest absolute Gasteiger partial charge is 0.128 e. The number of nitrogens with one attached hydrogen (secondary N) is 2. The van der Waals surface area contributed by atoms with Crippen LogP contribution in [0.2, 0.25) is 0 Å². The van der Waals surface area contributed by atoms with Gasteiger partial charge in [-0.25, -0.2) is 4.98 Å². The third-order valence-electron chi connectivity index (χ3n) is 3.52. The summed E-state index contributed by atoms with van der Waals surface area (Å²) in [6.07, 6.45) is 2.58. The molecule has 0 bridgehead atoms. The summed E-state index contributed by atoms with van der Waals surface area (Å²) in [5.74, 6) is 2.71. The van der Waals surface area contributed by atoms with Gasteiger partial charge in [-0.2, -0.15) is 0 Å². The molecule has 1 saturated heterocycles. The lowest BCUT2D eigenvalue weighted by molar-refractivity contribution is 0.226. The Morgan fingerprint density at radius 1 is 1.22 bits per heavy atom. The molecule has 0 radical (unpaired) electrons.